The summed E-state index contributed by atoms with van der Waals surface area (Å²) in [6.45, 7) is 2.80. The van der Waals surface area contributed by atoms with E-state index < -0.39 is 0 Å². The summed E-state index contributed by atoms with van der Waals surface area (Å²) >= 11 is 0. The molecule has 2 nitrogen and oxygen atoms in total. The monoisotopic (exact) mass is 99.1 g/mol. The third-order valence-electron chi connectivity index (χ3n) is 1.13. The maximum atomic E-state index is 5.41. The fourth-order valence-electron chi connectivity index (χ4n) is 0.501. The van der Waals surface area contributed by atoms with E-state index in [0.29, 0.717) is 5.92 Å². The summed E-state index contributed by atoms with van der Waals surface area (Å²) in [5.74, 6) is 0.431. The van der Waals surface area contributed by atoms with Crippen molar-refractivity contribution in [2.24, 2.45) is 11.7 Å². The second kappa shape index (κ2) is 1.45. The van der Waals surface area contributed by atoms with Crippen LogP contribution in [-0.4, -0.2) is 6.61 Å². The highest BCUT2D eigenvalue weighted by molar-refractivity contribution is 5.00. The highest BCUT2D eigenvalue weighted by atomic mass is 16.5. The predicted molar refractivity (Wildman–Crippen MR) is 27.4 cm³/mol. The van der Waals surface area contributed by atoms with Crippen LogP contribution in [-0.2, 0) is 4.74 Å². The molecule has 0 saturated heterocycles. The van der Waals surface area contributed by atoms with E-state index in [0.717, 1.165) is 12.3 Å². The summed E-state index contributed by atoms with van der Waals surface area (Å²) in [6, 6.07) is 0. The smallest absolute Gasteiger partial charge is 0.102 e. The van der Waals surface area contributed by atoms with Crippen LogP contribution in [0.25, 0.3) is 0 Å². The highest BCUT2D eigenvalue weighted by Gasteiger charge is 2.10. The van der Waals surface area contributed by atoms with Gasteiger partial charge < -0.3 is 10.5 Å². The SMILES string of the molecule is C[C@@H]1COC=C1N. The fourth-order valence-corrected chi connectivity index (χ4v) is 0.501. The minimum Gasteiger partial charge on any atom is -0.499 e. The average molecular weight is 99.1 g/mol. The van der Waals surface area contributed by atoms with E-state index in [1.165, 1.54) is 0 Å². The molecule has 0 saturated carbocycles. The Morgan fingerprint density at radius 1 is 2.00 bits per heavy atom. The van der Waals surface area contributed by atoms with Gasteiger partial charge in [-0.2, -0.15) is 0 Å². The molecule has 0 amide bonds. The molecule has 0 bridgehead atoms. The van der Waals surface area contributed by atoms with Crippen LogP contribution in [0.5, 0.6) is 0 Å². The molecule has 0 unspecified atom stereocenters. The molecule has 2 N–H and O–H groups in total. The van der Waals surface area contributed by atoms with Gasteiger partial charge in [0.15, 0.2) is 0 Å². The number of hydrogen-bond donors (Lipinski definition) is 1. The number of rotatable bonds is 0. The van der Waals surface area contributed by atoms with E-state index in [1.54, 1.807) is 6.26 Å². The molecule has 7 heavy (non-hydrogen) atoms. The van der Waals surface area contributed by atoms with Crippen molar-refractivity contribution >= 4 is 0 Å². The molecule has 1 rings (SSSR count). The maximum Gasteiger partial charge on any atom is 0.102 e. The van der Waals surface area contributed by atoms with Crippen molar-refractivity contribution in [1.82, 2.24) is 0 Å². The third kappa shape index (κ3) is 0.683. The zero-order chi connectivity index (χ0) is 5.28. The summed E-state index contributed by atoms with van der Waals surface area (Å²) in [5.41, 5.74) is 6.28. The van der Waals surface area contributed by atoms with Gasteiger partial charge in [0.05, 0.1) is 6.61 Å². The Morgan fingerprint density at radius 3 is 2.86 bits per heavy atom. The molecule has 0 aliphatic carbocycles. The average Bonchev–Trinajstić information content (AvgIpc) is 1.91. The van der Waals surface area contributed by atoms with Crippen molar-refractivity contribution in [2.45, 2.75) is 6.92 Å². The summed E-state index contributed by atoms with van der Waals surface area (Å²) in [6.07, 6.45) is 1.62. The van der Waals surface area contributed by atoms with E-state index in [4.69, 9.17) is 10.5 Å². The summed E-state index contributed by atoms with van der Waals surface area (Å²) in [5, 5.41) is 0. The van der Waals surface area contributed by atoms with Crippen molar-refractivity contribution in [3.63, 3.8) is 0 Å². The second-order valence-electron chi connectivity index (χ2n) is 1.85. The summed E-state index contributed by atoms with van der Waals surface area (Å²) in [4.78, 5) is 0. The fraction of sp³-hybridized carbons (Fsp3) is 0.600. The third-order valence-corrected chi connectivity index (χ3v) is 1.13. The first-order valence-electron chi connectivity index (χ1n) is 2.38. The number of ether oxygens (including phenoxy) is 1. The van der Waals surface area contributed by atoms with Crippen molar-refractivity contribution in [3.8, 4) is 0 Å². The number of nitrogens with two attached hydrogens (primary N) is 1. The van der Waals surface area contributed by atoms with E-state index in [2.05, 4.69) is 0 Å². The summed E-state index contributed by atoms with van der Waals surface area (Å²) in [7, 11) is 0. The zero-order valence-corrected chi connectivity index (χ0v) is 4.35. The minimum absolute atomic E-state index is 0.431. The molecular weight excluding hydrogens is 90.1 g/mol. The molecule has 1 aliphatic rings. The van der Waals surface area contributed by atoms with Crippen LogP contribution in [0.1, 0.15) is 6.92 Å². The Kier molecular flexibility index (Phi) is 0.929. The quantitative estimate of drug-likeness (QED) is 0.478. The molecule has 0 aromatic carbocycles. The van der Waals surface area contributed by atoms with Gasteiger partial charge in [-0.1, -0.05) is 6.92 Å². The molecule has 1 heterocycles. The molecule has 0 aromatic rings. The molecular formula is C5H9NO. The van der Waals surface area contributed by atoms with Crippen LogP contribution in [0, 0.1) is 5.92 Å². The highest BCUT2D eigenvalue weighted by Crippen LogP contribution is 2.11. The van der Waals surface area contributed by atoms with Gasteiger partial charge in [-0.05, 0) is 0 Å². The lowest BCUT2D eigenvalue weighted by Gasteiger charge is -1.96. The van der Waals surface area contributed by atoms with Crippen molar-refractivity contribution in [2.75, 3.05) is 6.61 Å². The van der Waals surface area contributed by atoms with Crippen LogP contribution >= 0.6 is 0 Å². The lowest BCUT2D eigenvalue weighted by Crippen LogP contribution is -2.05. The molecule has 40 valence electrons. The minimum atomic E-state index is 0.431. The molecule has 0 aromatic heterocycles. The van der Waals surface area contributed by atoms with Gasteiger partial charge in [-0.25, -0.2) is 0 Å². The topological polar surface area (TPSA) is 35.2 Å². The van der Waals surface area contributed by atoms with E-state index >= 15 is 0 Å². The van der Waals surface area contributed by atoms with Gasteiger partial charge in [-0.15, -0.1) is 0 Å². The standard InChI is InChI=1S/C5H9NO/c1-4-2-7-3-5(4)6/h3-4H,2,6H2,1H3/t4-/m1/s1. The lowest BCUT2D eigenvalue weighted by molar-refractivity contribution is 0.255. The van der Waals surface area contributed by atoms with Crippen LogP contribution < -0.4 is 5.73 Å². The molecule has 0 spiro atoms. The molecule has 0 fully saturated rings. The largest absolute Gasteiger partial charge is 0.499 e. The Balaban J connectivity index is 2.54. The Labute approximate surface area is 43.0 Å². The molecule has 1 atom stereocenters. The molecule has 1 aliphatic heterocycles. The second-order valence-corrected chi connectivity index (χ2v) is 1.85. The zero-order valence-electron chi connectivity index (χ0n) is 4.35. The molecule has 0 radical (unpaired) electrons. The van der Waals surface area contributed by atoms with E-state index in [-0.39, 0.29) is 0 Å². The van der Waals surface area contributed by atoms with Crippen LogP contribution in [0.2, 0.25) is 0 Å². The van der Waals surface area contributed by atoms with E-state index in [9.17, 15) is 0 Å². The van der Waals surface area contributed by atoms with Gasteiger partial charge >= 0.3 is 0 Å². The van der Waals surface area contributed by atoms with Crippen LogP contribution in [0.15, 0.2) is 12.0 Å². The first-order valence-corrected chi connectivity index (χ1v) is 2.38. The lowest BCUT2D eigenvalue weighted by atomic mass is 10.2. The first-order chi connectivity index (χ1) is 3.30. The first kappa shape index (κ1) is 4.50. The number of hydrogen-bond acceptors (Lipinski definition) is 2. The normalized spacial score (nSPS) is 29.3. The van der Waals surface area contributed by atoms with Gasteiger partial charge in [0.2, 0.25) is 0 Å². The van der Waals surface area contributed by atoms with E-state index in [1.807, 2.05) is 6.92 Å². The summed E-state index contributed by atoms with van der Waals surface area (Å²) < 4.78 is 4.88. The van der Waals surface area contributed by atoms with Crippen LogP contribution in [0.3, 0.4) is 0 Å². The van der Waals surface area contributed by atoms with Crippen molar-refractivity contribution < 1.29 is 4.74 Å². The predicted octanol–water partition coefficient (Wildman–Crippen LogP) is 0.453. The van der Waals surface area contributed by atoms with Gasteiger partial charge in [0.1, 0.15) is 6.26 Å². The van der Waals surface area contributed by atoms with Gasteiger partial charge in [0.25, 0.3) is 0 Å². The maximum absolute atomic E-state index is 5.41. The molecule has 2 heteroatoms. The van der Waals surface area contributed by atoms with Crippen molar-refractivity contribution in [1.29, 1.82) is 0 Å². The Bertz CT molecular complexity index is 98.3. The van der Waals surface area contributed by atoms with Crippen LogP contribution in [0.4, 0.5) is 0 Å². The Hall–Kier alpha value is -0.660. The van der Waals surface area contributed by atoms with Gasteiger partial charge in [0, 0.05) is 11.6 Å². The van der Waals surface area contributed by atoms with Crippen molar-refractivity contribution in [3.05, 3.63) is 12.0 Å². The Morgan fingerprint density at radius 2 is 2.71 bits per heavy atom. The van der Waals surface area contributed by atoms with Gasteiger partial charge in [-0.3, -0.25) is 0 Å².